The number of piperidine rings is 1. The number of benzene rings is 1. The molecule has 1 aliphatic rings. The van der Waals surface area contributed by atoms with Crippen molar-refractivity contribution in [1.29, 1.82) is 5.26 Å². The van der Waals surface area contributed by atoms with Gasteiger partial charge in [0.2, 0.25) is 11.8 Å². The van der Waals surface area contributed by atoms with E-state index in [9.17, 15) is 14.9 Å². The molecule has 0 aromatic heterocycles. The minimum atomic E-state index is -0.833. The first kappa shape index (κ1) is 12.3. The van der Waals surface area contributed by atoms with Crippen molar-refractivity contribution >= 4 is 11.8 Å². The Morgan fingerprint density at radius 1 is 1.22 bits per heavy atom. The molecule has 92 valence electrons. The van der Waals surface area contributed by atoms with Crippen LogP contribution in [0.3, 0.4) is 0 Å². The molecule has 0 saturated carbocycles. The maximum absolute atomic E-state index is 11.9. The fourth-order valence-electron chi connectivity index (χ4n) is 2.46. The van der Waals surface area contributed by atoms with Gasteiger partial charge in [-0.25, -0.2) is 0 Å². The highest BCUT2D eigenvalue weighted by molar-refractivity contribution is 6.03. The summed E-state index contributed by atoms with van der Waals surface area (Å²) in [4.78, 5) is 23.7. The lowest BCUT2D eigenvalue weighted by molar-refractivity contribution is -0.144. The molecule has 0 aliphatic carbocycles. The fourth-order valence-corrected chi connectivity index (χ4v) is 2.46. The van der Waals surface area contributed by atoms with Crippen LogP contribution in [0.1, 0.15) is 25.3 Å². The van der Waals surface area contributed by atoms with E-state index in [2.05, 4.69) is 5.32 Å². The molecule has 1 aromatic carbocycles. The molecule has 0 unspecified atom stereocenters. The van der Waals surface area contributed by atoms with Crippen molar-refractivity contribution in [3.05, 3.63) is 35.9 Å². The molecule has 1 N–H and O–H groups in total. The van der Waals surface area contributed by atoms with Crippen LogP contribution in [0.2, 0.25) is 0 Å². The highest BCUT2D eigenvalue weighted by atomic mass is 16.2. The SMILES string of the molecule is CC1(C)C(=O)NC(=O)[C@@H](C#N)[C@H]1c1ccccc1. The van der Waals surface area contributed by atoms with E-state index < -0.39 is 23.2 Å². The quantitative estimate of drug-likeness (QED) is 0.760. The van der Waals surface area contributed by atoms with E-state index in [1.54, 1.807) is 13.8 Å². The largest absolute Gasteiger partial charge is 0.295 e. The Labute approximate surface area is 106 Å². The molecule has 1 aliphatic heterocycles. The Morgan fingerprint density at radius 2 is 1.83 bits per heavy atom. The molecular weight excluding hydrogens is 228 g/mol. The highest BCUT2D eigenvalue weighted by Crippen LogP contribution is 2.43. The Bertz CT molecular complexity index is 528. The topological polar surface area (TPSA) is 70.0 Å². The summed E-state index contributed by atoms with van der Waals surface area (Å²) in [7, 11) is 0. The minimum absolute atomic E-state index is 0.326. The predicted molar refractivity (Wildman–Crippen MR) is 65.2 cm³/mol. The second-order valence-electron chi connectivity index (χ2n) is 5.04. The summed E-state index contributed by atoms with van der Waals surface area (Å²) < 4.78 is 0. The van der Waals surface area contributed by atoms with E-state index >= 15 is 0 Å². The van der Waals surface area contributed by atoms with Crippen molar-refractivity contribution in [3.8, 4) is 6.07 Å². The molecule has 2 rings (SSSR count). The zero-order valence-electron chi connectivity index (χ0n) is 10.3. The summed E-state index contributed by atoms with van der Waals surface area (Å²) >= 11 is 0. The van der Waals surface area contributed by atoms with E-state index in [1.807, 2.05) is 36.4 Å². The number of rotatable bonds is 1. The molecule has 4 nitrogen and oxygen atoms in total. The molecule has 1 heterocycles. The van der Waals surface area contributed by atoms with Gasteiger partial charge < -0.3 is 0 Å². The third kappa shape index (κ3) is 1.78. The second-order valence-corrected chi connectivity index (χ2v) is 5.04. The lowest BCUT2D eigenvalue weighted by Gasteiger charge is -2.39. The lowest BCUT2D eigenvalue weighted by Crippen LogP contribution is -2.54. The Kier molecular flexibility index (Phi) is 2.92. The van der Waals surface area contributed by atoms with Crippen LogP contribution in [0.25, 0.3) is 0 Å². The predicted octanol–water partition coefficient (Wildman–Crippen LogP) is 1.59. The van der Waals surface area contributed by atoms with Gasteiger partial charge >= 0.3 is 0 Å². The van der Waals surface area contributed by atoms with Crippen molar-refractivity contribution in [1.82, 2.24) is 5.32 Å². The third-order valence-electron chi connectivity index (χ3n) is 3.51. The van der Waals surface area contributed by atoms with Gasteiger partial charge in [0.1, 0.15) is 5.92 Å². The summed E-state index contributed by atoms with van der Waals surface area (Å²) in [6, 6.07) is 11.3. The Balaban J connectivity index is 2.54. The van der Waals surface area contributed by atoms with E-state index in [-0.39, 0.29) is 5.91 Å². The van der Waals surface area contributed by atoms with Crippen LogP contribution in [0.4, 0.5) is 0 Å². The molecular formula is C14H14N2O2. The number of imide groups is 1. The Morgan fingerprint density at radius 3 is 2.39 bits per heavy atom. The van der Waals surface area contributed by atoms with Gasteiger partial charge in [0, 0.05) is 5.92 Å². The molecule has 1 saturated heterocycles. The van der Waals surface area contributed by atoms with Crippen LogP contribution in [0.5, 0.6) is 0 Å². The molecule has 1 aromatic rings. The maximum atomic E-state index is 11.9. The number of amides is 2. The van der Waals surface area contributed by atoms with Crippen molar-refractivity contribution in [2.75, 3.05) is 0 Å². The molecule has 2 atom stereocenters. The van der Waals surface area contributed by atoms with E-state index in [4.69, 9.17) is 0 Å². The lowest BCUT2D eigenvalue weighted by atomic mass is 9.65. The van der Waals surface area contributed by atoms with Crippen molar-refractivity contribution in [2.24, 2.45) is 11.3 Å². The first-order chi connectivity index (χ1) is 8.48. The average Bonchev–Trinajstić information content (AvgIpc) is 2.34. The zero-order valence-corrected chi connectivity index (χ0v) is 10.3. The van der Waals surface area contributed by atoms with Crippen LogP contribution >= 0.6 is 0 Å². The van der Waals surface area contributed by atoms with Crippen LogP contribution in [-0.2, 0) is 9.59 Å². The summed E-state index contributed by atoms with van der Waals surface area (Å²) in [5.41, 5.74) is 0.0626. The number of nitriles is 1. The number of nitrogens with one attached hydrogen (secondary N) is 1. The first-order valence-corrected chi connectivity index (χ1v) is 5.78. The van der Waals surface area contributed by atoms with E-state index in [1.165, 1.54) is 0 Å². The van der Waals surface area contributed by atoms with Crippen LogP contribution in [-0.4, -0.2) is 11.8 Å². The van der Waals surface area contributed by atoms with Gasteiger partial charge in [-0.2, -0.15) is 5.26 Å². The molecule has 0 spiro atoms. The van der Waals surface area contributed by atoms with Gasteiger partial charge in [0.15, 0.2) is 0 Å². The number of nitrogens with zero attached hydrogens (tertiary/aromatic N) is 1. The second kappa shape index (κ2) is 4.26. The number of hydrogen-bond donors (Lipinski definition) is 1. The van der Waals surface area contributed by atoms with Gasteiger partial charge in [0.05, 0.1) is 11.5 Å². The van der Waals surface area contributed by atoms with Crippen molar-refractivity contribution in [2.45, 2.75) is 19.8 Å². The Hall–Kier alpha value is -2.15. The molecule has 4 heteroatoms. The molecule has 0 radical (unpaired) electrons. The monoisotopic (exact) mass is 242 g/mol. The molecule has 18 heavy (non-hydrogen) atoms. The number of carbonyl (C=O) groups excluding carboxylic acids is 2. The summed E-state index contributed by atoms with van der Waals surface area (Å²) in [5, 5.41) is 11.5. The summed E-state index contributed by atoms with van der Waals surface area (Å²) in [6.45, 7) is 3.52. The smallest absolute Gasteiger partial charge is 0.244 e. The van der Waals surface area contributed by atoms with Gasteiger partial charge in [-0.05, 0) is 5.56 Å². The third-order valence-corrected chi connectivity index (χ3v) is 3.51. The van der Waals surface area contributed by atoms with Gasteiger partial charge in [-0.3, -0.25) is 14.9 Å². The molecule has 0 bridgehead atoms. The molecule has 1 fully saturated rings. The van der Waals surface area contributed by atoms with Gasteiger partial charge in [-0.15, -0.1) is 0 Å². The maximum Gasteiger partial charge on any atom is 0.244 e. The number of hydrogen-bond acceptors (Lipinski definition) is 3. The fraction of sp³-hybridized carbons (Fsp3) is 0.357. The highest BCUT2D eigenvalue weighted by Gasteiger charge is 2.50. The first-order valence-electron chi connectivity index (χ1n) is 5.78. The molecule has 2 amide bonds. The number of carbonyl (C=O) groups is 2. The summed E-state index contributed by atoms with van der Waals surface area (Å²) in [6.07, 6.45) is 0. The summed E-state index contributed by atoms with van der Waals surface area (Å²) in [5.74, 6) is -2.08. The van der Waals surface area contributed by atoms with Gasteiger partial charge in [0.25, 0.3) is 0 Å². The van der Waals surface area contributed by atoms with Crippen LogP contribution < -0.4 is 5.32 Å². The van der Waals surface area contributed by atoms with Crippen LogP contribution in [0.15, 0.2) is 30.3 Å². The minimum Gasteiger partial charge on any atom is -0.295 e. The average molecular weight is 242 g/mol. The van der Waals surface area contributed by atoms with E-state index in [0.29, 0.717) is 0 Å². The van der Waals surface area contributed by atoms with E-state index in [0.717, 1.165) is 5.56 Å². The zero-order chi connectivity index (χ0) is 13.3. The standard InChI is InChI=1S/C14H14N2O2/c1-14(2)11(9-6-4-3-5-7-9)10(8-15)12(17)16-13(14)18/h3-7,10-11H,1-2H3,(H,16,17,18)/t10-,11+/m0/s1. The van der Waals surface area contributed by atoms with Gasteiger partial charge in [-0.1, -0.05) is 44.2 Å². The normalized spacial score (nSPS) is 26.3. The van der Waals surface area contributed by atoms with Crippen LogP contribution in [0, 0.1) is 22.7 Å². The van der Waals surface area contributed by atoms with Crippen molar-refractivity contribution in [3.63, 3.8) is 0 Å². The van der Waals surface area contributed by atoms with Crippen molar-refractivity contribution < 1.29 is 9.59 Å².